The third-order valence-electron chi connectivity index (χ3n) is 1.44. The summed E-state index contributed by atoms with van der Waals surface area (Å²) in [6.07, 6.45) is 1.29. The van der Waals surface area contributed by atoms with Gasteiger partial charge in [0.15, 0.2) is 0 Å². The molecule has 1 atom stereocenters. The molecule has 0 aromatic carbocycles. The van der Waals surface area contributed by atoms with E-state index in [-0.39, 0.29) is 12.6 Å². The van der Waals surface area contributed by atoms with Gasteiger partial charge >= 0.3 is 11.9 Å². The first-order valence-electron chi connectivity index (χ1n) is 4.41. The molecule has 0 heterocycles. The Morgan fingerprint density at radius 3 is 2.64 bits per heavy atom. The van der Waals surface area contributed by atoms with Gasteiger partial charge in [-0.05, 0) is 6.92 Å². The zero-order chi connectivity index (χ0) is 11.0. The maximum Gasteiger partial charge on any atom is 0.330 e. The Morgan fingerprint density at radius 2 is 2.14 bits per heavy atom. The number of carbonyl (C=O) groups is 2. The van der Waals surface area contributed by atoms with Crippen molar-refractivity contribution in [3.8, 4) is 0 Å². The fraction of sp³-hybridized carbons (Fsp3) is 0.500. The van der Waals surface area contributed by atoms with Crippen LogP contribution in [0.4, 0.5) is 0 Å². The zero-order valence-corrected chi connectivity index (χ0v) is 8.32. The minimum atomic E-state index is -0.521. The normalized spacial score (nSPS) is 11.6. The van der Waals surface area contributed by atoms with Crippen molar-refractivity contribution in [2.75, 3.05) is 6.61 Å². The van der Waals surface area contributed by atoms with Crippen LogP contribution in [0.5, 0.6) is 0 Å². The number of rotatable bonds is 6. The van der Waals surface area contributed by atoms with E-state index in [1.807, 2.05) is 0 Å². The molecule has 0 amide bonds. The Bertz CT molecular complexity index is 210. The topological polar surface area (TPSA) is 52.6 Å². The molecule has 1 unspecified atom stereocenters. The van der Waals surface area contributed by atoms with Crippen LogP contribution in [0.1, 0.15) is 19.8 Å². The van der Waals surface area contributed by atoms with Crippen LogP contribution in [0.25, 0.3) is 0 Å². The fourth-order valence-corrected chi connectivity index (χ4v) is 0.678. The molecule has 4 nitrogen and oxygen atoms in total. The van der Waals surface area contributed by atoms with Crippen LogP contribution < -0.4 is 0 Å². The highest BCUT2D eigenvalue weighted by molar-refractivity contribution is 5.81. The number of hydrogen-bond acceptors (Lipinski definition) is 4. The van der Waals surface area contributed by atoms with Gasteiger partial charge in [-0.25, -0.2) is 4.79 Å². The van der Waals surface area contributed by atoms with E-state index in [1.165, 1.54) is 0 Å². The Labute approximate surface area is 83.9 Å². The van der Waals surface area contributed by atoms with Crippen molar-refractivity contribution in [2.24, 2.45) is 0 Å². The van der Waals surface area contributed by atoms with E-state index >= 15 is 0 Å². The van der Waals surface area contributed by atoms with Crippen molar-refractivity contribution in [3.05, 3.63) is 19.6 Å². The molecule has 14 heavy (non-hydrogen) atoms. The molecule has 0 saturated carbocycles. The largest absolute Gasteiger partial charge is 0.466 e. The molecule has 0 N–H and O–H groups in total. The van der Waals surface area contributed by atoms with E-state index in [2.05, 4.69) is 13.5 Å². The second-order valence-corrected chi connectivity index (χ2v) is 2.63. The van der Waals surface area contributed by atoms with Crippen LogP contribution >= 0.6 is 0 Å². The molecule has 0 aromatic heterocycles. The van der Waals surface area contributed by atoms with Crippen molar-refractivity contribution in [3.63, 3.8) is 0 Å². The number of ether oxygens (including phenoxy) is 2. The third kappa shape index (κ3) is 6.22. The molecule has 1 radical (unpaired) electrons. The van der Waals surface area contributed by atoms with E-state index < -0.39 is 12.1 Å². The predicted molar refractivity (Wildman–Crippen MR) is 51.3 cm³/mol. The average Bonchev–Trinajstić information content (AvgIpc) is 2.17. The maximum absolute atomic E-state index is 10.7. The lowest BCUT2D eigenvalue weighted by molar-refractivity contribution is -0.145. The average molecular weight is 199 g/mol. The molecule has 0 fully saturated rings. The Kier molecular flexibility index (Phi) is 6.45. The highest BCUT2D eigenvalue weighted by atomic mass is 16.6. The number of carbonyl (C=O) groups excluding carboxylic acids is 2. The monoisotopic (exact) mass is 199 g/mol. The summed E-state index contributed by atoms with van der Waals surface area (Å²) >= 11 is 0. The van der Waals surface area contributed by atoms with Crippen LogP contribution in [0.15, 0.2) is 12.7 Å². The molecule has 4 heteroatoms. The van der Waals surface area contributed by atoms with E-state index in [0.29, 0.717) is 12.8 Å². The molecule has 79 valence electrons. The van der Waals surface area contributed by atoms with Gasteiger partial charge in [-0.3, -0.25) is 4.79 Å². The van der Waals surface area contributed by atoms with Gasteiger partial charge in [0.05, 0.1) is 6.61 Å². The lowest BCUT2D eigenvalue weighted by atomic mass is 10.3. The van der Waals surface area contributed by atoms with E-state index in [1.54, 1.807) is 6.92 Å². The van der Waals surface area contributed by atoms with Crippen molar-refractivity contribution < 1.29 is 19.1 Å². The minimum absolute atomic E-state index is 0.214. The van der Waals surface area contributed by atoms with E-state index in [4.69, 9.17) is 9.47 Å². The summed E-state index contributed by atoms with van der Waals surface area (Å²) in [4.78, 5) is 21.4. The number of hydrogen-bond donors (Lipinski definition) is 0. The Hall–Kier alpha value is -1.32. The van der Waals surface area contributed by atoms with Crippen LogP contribution in [-0.4, -0.2) is 24.6 Å². The molecule has 0 aromatic rings. The van der Waals surface area contributed by atoms with Gasteiger partial charge in [-0.2, -0.15) is 0 Å². The molecular formula is C10H15O4. The van der Waals surface area contributed by atoms with Crippen molar-refractivity contribution in [1.29, 1.82) is 0 Å². The van der Waals surface area contributed by atoms with Crippen LogP contribution in [-0.2, 0) is 19.1 Å². The molecular weight excluding hydrogens is 184 g/mol. The SMILES string of the molecule is [CH2]C(CCOC(=O)CC)OC(=O)C=C. The molecule has 0 bridgehead atoms. The molecule has 0 spiro atoms. The first-order chi connectivity index (χ1) is 6.60. The fourth-order valence-electron chi connectivity index (χ4n) is 0.678. The van der Waals surface area contributed by atoms with Gasteiger partial charge < -0.3 is 9.47 Å². The van der Waals surface area contributed by atoms with Gasteiger partial charge in [0.1, 0.15) is 6.10 Å². The van der Waals surface area contributed by atoms with Crippen LogP contribution in [0.2, 0.25) is 0 Å². The lowest BCUT2D eigenvalue weighted by Gasteiger charge is -2.11. The first kappa shape index (κ1) is 12.7. The van der Waals surface area contributed by atoms with Gasteiger partial charge in [-0.1, -0.05) is 13.5 Å². The molecule has 0 aliphatic heterocycles. The molecule has 0 rings (SSSR count). The molecule has 0 aliphatic carbocycles. The quantitative estimate of drug-likeness (QED) is 0.477. The summed E-state index contributed by atoms with van der Waals surface area (Å²) in [6, 6.07) is 0. The second kappa shape index (κ2) is 7.12. The minimum Gasteiger partial charge on any atom is -0.466 e. The van der Waals surface area contributed by atoms with Crippen molar-refractivity contribution in [1.82, 2.24) is 0 Å². The van der Waals surface area contributed by atoms with Crippen molar-refractivity contribution >= 4 is 11.9 Å². The van der Waals surface area contributed by atoms with Crippen LogP contribution in [0, 0.1) is 6.92 Å². The van der Waals surface area contributed by atoms with Gasteiger partial charge in [0.25, 0.3) is 0 Å². The third-order valence-corrected chi connectivity index (χ3v) is 1.44. The van der Waals surface area contributed by atoms with E-state index in [0.717, 1.165) is 6.08 Å². The summed E-state index contributed by atoms with van der Waals surface area (Å²) < 4.78 is 9.54. The maximum atomic E-state index is 10.7. The molecule has 0 aliphatic rings. The predicted octanol–water partition coefficient (Wildman–Crippen LogP) is 1.26. The Morgan fingerprint density at radius 1 is 1.50 bits per heavy atom. The van der Waals surface area contributed by atoms with Crippen LogP contribution in [0.3, 0.4) is 0 Å². The second-order valence-electron chi connectivity index (χ2n) is 2.63. The van der Waals surface area contributed by atoms with Gasteiger partial charge in [0, 0.05) is 18.9 Å². The summed E-state index contributed by atoms with van der Waals surface area (Å²) in [6.45, 7) is 8.74. The molecule has 0 saturated heterocycles. The highest BCUT2D eigenvalue weighted by Gasteiger charge is 2.07. The standard InChI is InChI=1S/C10H15O4/c1-4-9(11)13-7-6-8(3)14-10(12)5-2/h5,8H,2-4,6-7H2,1H3. The van der Waals surface area contributed by atoms with E-state index in [9.17, 15) is 9.59 Å². The lowest BCUT2D eigenvalue weighted by Crippen LogP contribution is -2.16. The number of esters is 2. The summed E-state index contributed by atoms with van der Waals surface area (Å²) in [7, 11) is 0. The van der Waals surface area contributed by atoms with Crippen molar-refractivity contribution in [2.45, 2.75) is 25.9 Å². The highest BCUT2D eigenvalue weighted by Crippen LogP contribution is 1.99. The van der Waals surface area contributed by atoms with Gasteiger partial charge in [-0.15, -0.1) is 0 Å². The summed E-state index contributed by atoms with van der Waals surface area (Å²) in [5.41, 5.74) is 0. The summed E-state index contributed by atoms with van der Waals surface area (Å²) in [5.74, 6) is -0.793. The smallest absolute Gasteiger partial charge is 0.330 e. The Balaban J connectivity index is 3.53. The van der Waals surface area contributed by atoms with Gasteiger partial charge in [0.2, 0.25) is 0 Å². The summed E-state index contributed by atoms with van der Waals surface area (Å²) in [5, 5.41) is 0. The first-order valence-corrected chi connectivity index (χ1v) is 4.41. The zero-order valence-electron chi connectivity index (χ0n) is 8.32.